The minimum atomic E-state index is -0.417. The number of ether oxygens (including phenoxy) is 1. The lowest BCUT2D eigenvalue weighted by molar-refractivity contribution is 0.0527. The van der Waals surface area contributed by atoms with Gasteiger partial charge in [0, 0.05) is 6.54 Å². The molecule has 0 heterocycles. The summed E-state index contributed by atoms with van der Waals surface area (Å²) in [5.41, 5.74) is -0.417. The number of nitrogens with one attached hydrogen (secondary N) is 2. The van der Waals surface area contributed by atoms with Gasteiger partial charge in [-0.3, -0.25) is 0 Å². The van der Waals surface area contributed by atoms with E-state index in [0.717, 1.165) is 19.5 Å². The molecule has 1 amide bonds. The third-order valence-electron chi connectivity index (χ3n) is 2.04. The van der Waals surface area contributed by atoms with Crippen LogP contribution in [0.25, 0.3) is 0 Å². The second-order valence-electron chi connectivity index (χ2n) is 5.08. The zero-order chi connectivity index (χ0) is 13.9. The van der Waals surface area contributed by atoms with E-state index in [1.807, 2.05) is 32.5 Å². The van der Waals surface area contributed by atoms with Crippen molar-refractivity contribution in [2.24, 2.45) is 0 Å². The van der Waals surface area contributed by atoms with Crippen LogP contribution < -0.4 is 10.6 Å². The maximum Gasteiger partial charge on any atom is 0.407 e. The molecule has 0 aliphatic rings. The molecule has 0 atom stereocenters. The van der Waals surface area contributed by atoms with Crippen LogP contribution in [-0.2, 0) is 4.74 Å². The van der Waals surface area contributed by atoms with E-state index >= 15 is 0 Å². The van der Waals surface area contributed by atoms with E-state index in [-0.39, 0.29) is 6.09 Å². The van der Waals surface area contributed by atoms with Gasteiger partial charge in [0.05, 0.1) is 0 Å². The van der Waals surface area contributed by atoms with E-state index in [4.69, 9.17) is 4.74 Å². The molecule has 0 aromatic carbocycles. The molecule has 0 aromatic rings. The van der Waals surface area contributed by atoms with Crippen molar-refractivity contribution in [1.82, 2.24) is 10.6 Å². The molecule has 0 saturated heterocycles. The highest BCUT2D eigenvalue weighted by molar-refractivity contribution is 7.99. The molecular weight excluding hydrogens is 248 g/mol. The number of carbonyl (C=O) groups excluding carboxylic acids is 1. The van der Waals surface area contributed by atoms with Crippen LogP contribution in [0.1, 0.15) is 40.5 Å². The van der Waals surface area contributed by atoms with Crippen molar-refractivity contribution in [2.45, 2.75) is 46.1 Å². The van der Waals surface area contributed by atoms with Crippen LogP contribution in [0.4, 0.5) is 4.79 Å². The Morgan fingerprint density at radius 3 is 2.44 bits per heavy atom. The van der Waals surface area contributed by atoms with Crippen molar-refractivity contribution in [3.05, 3.63) is 0 Å². The molecule has 108 valence electrons. The maximum absolute atomic E-state index is 11.3. The van der Waals surface area contributed by atoms with E-state index < -0.39 is 5.60 Å². The van der Waals surface area contributed by atoms with Crippen LogP contribution in [0.5, 0.6) is 0 Å². The standard InChI is InChI=1S/C13H28N2O2S/c1-5-18-11-7-9-14-8-6-10-15-12(16)17-13(2,3)4/h14H,5-11H2,1-4H3,(H,15,16). The van der Waals surface area contributed by atoms with Crippen LogP contribution in [0, 0.1) is 0 Å². The van der Waals surface area contributed by atoms with Gasteiger partial charge in [0.25, 0.3) is 0 Å². The maximum atomic E-state index is 11.3. The predicted molar refractivity (Wildman–Crippen MR) is 79.3 cm³/mol. The molecule has 18 heavy (non-hydrogen) atoms. The summed E-state index contributed by atoms with van der Waals surface area (Å²) in [7, 11) is 0. The fraction of sp³-hybridized carbons (Fsp3) is 0.923. The summed E-state index contributed by atoms with van der Waals surface area (Å²) < 4.78 is 5.14. The smallest absolute Gasteiger partial charge is 0.407 e. The van der Waals surface area contributed by atoms with Crippen molar-refractivity contribution in [3.63, 3.8) is 0 Å². The highest BCUT2D eigenvalue weighted by Gasteiger charge is 2.15. The SMILES string of the molecule is CCSCCCNCCCNC(=O)OC(C)(C)C. The van der Waals surface area contributed by atoms with Gasteiger partial charge in [-0.2, -0.15) is 11.8 Å². The molecule has 0 aromatic heterocycles. The number of hydrogen-bond donors (Lipinski definition) is 2. The highest BCUT2D eigenvalue weighted by Crippen LogP contribution is 2.06. The summed E-state index contributed by atoms with van der Waals surface area (Å²) in [6.07, 6.45) is 1.81. The molecule has 4 nitrogen and oxygen atoms in total. The Balaban J connectivity index is 3.23. The summed E-state index contributed by atoms with van der Waals surface area (Å²) in [6, 6.07) is 0. The zero-order valence-corrected chi connectivity index (χ0v) is 13.0. The molecule has 0 spiro atoms. The van der Waals surface area contributed by atoms with Crippen molar-refractivity contribution >= 4 is 17.9 Å². The molecule has 5 heteroatoms. The van der Waals surface area contributed by atoms with E-state index in [2.05, 4.69) is 17.6 Å². The molecule has 0 fully saturated rings. The monoisotopic (exact) mass is 276 g/mol. The quantitative estimate of drug-likeness (QED) is 0.636. The van der Waals surface area contributed by atoms with Gasteiger partial charge in [0.1, 0.15) is 5.60 Å². The fourth-order valence-electron chi connectivity index (χ4n) is 1.29. The summed E-state index contributed by atoms with van der Waals surface area (Å²) >= 11 is 1.97. The number of amides is 1. The molecule has 0 saturated carbocycles. The largest absolute Gasteiger partial charge is 0.444 e. The second-order valence-corrected chi connectivity index (χ2v) is 6.48. The Kier molecular flexibility index (Phi) is 10.3. The van der Waals surface area contributed by atoms with Gasteiger partial charge in [-0.05, 0) is 58.2 Å². The molecule has 0 radical (unpaired) electrons. The van der Waals surface area contributed by atoms with Crippen molar-refractivity contribution in [2.75, 3.05) is 31.1 Å². The lowest BCUT2D eigenvalue weighted by Crippen LogP contribution is -2.34. The minimum Gasteiger partial charge on any atom is -0.444 e. The average molecular weight is 276 g/mol. The number of rotatable bonds is 9. The fourth-order valence-corrected chi connectivity index (χ4v) is 1.92. The Bertz CT molecular complexity index is 218. The molecule has 2 N–H and O–H groups in total. The summed E-state index contributed by atoms with van der Waals surface area (Å²) in [5.74, 6) is 2.42. The molecule has 0 rings (SSSR count). The Hall–Kier alpha value is -0.420. The van der Waals surface area contributed by atoms with Crippen molar-refractivity contribution in [3.8, 4) is 0 Å². The van der Waals surface area contributed by atoms with E-state index in [9.17, 15) is 4.79 Å². The number of carbonyl (C=O) groups is 1. The summed E-state index contributed by atoms with van der Waals surface area (Å²) in [5, 5.41) is 6.11. The number of thioether (sulfide) groups is 1. The minimum absolute atomic E-state index is 0.332. The van der Waals surface area contributed by atoms with Gasteiger partial charge in [0.15, 0.2) is 0 Å². The van der Waals surface area contributed by atoms with Gasteiger partial charge in [-0.25, -0.2) is 4.79 Å². The third-order valence-corrected chi connectivity index (χ3v) is 3.03. The lowest BCUT2D eigenvalue weighted by Gasteiger charge is -2.19. The van der Waals surface area contributed by atoms with Crippen LogP contribution in [0.3, 0.4) is 0 Å². The zero-order valence-electron chi connectivity index (χ0n) is 12.2. The van der Waals surface area contributed by atoms with Gasteiger partial charge < -0.3 is 15.4 Å². The highest BCUT2D eigenvalue weighted by atomic mass is 32.2. The van der Waals surface area contributed by atoms with E-state index in [1.165, 1.54) is 17.9 Å². The van der Waals surface area contributed by atoms with E-state index in [1.54, 1.807) is 0 Å². The molecule has 0 unspecified atom stereocenters. The Morgan fingerprint density at radius 2 is 1.83 bits per heavy atom. The van der Waals surface area contributed by atoms with Crippen LogP contribution in [-0.4, -0.2) is 42.8 Å². The third kappa shape index (κ3) is 13.6. The average Bonchev–Trinajstić information content (AvgIpc) is 2.24. The van der Waals surface area contributed by atoms with E-state index in [0.29, 0.717) is 6.54 Å². The molecular formula is C13H28N2O2S. The first kappa shape index (κ1) is 17.6. The second kappa shape index (κ2) is 10.5. The predicted octanol–water partition coefficient (Wildman–Crippen LogP) is 2.63. The summed E-state index contributed by atoms with van der Waals surface area (Å²) in [6.45, 7) is 10.4. The van der Waals surface area contributed by atoms with Crippen LogP contribution in [0.2, 0.25) is 0 Å². The lowest BCUT2D eigenvalue weighted by atomic mass is 10.2. The molecule has 0 aliphatic heterocycles. The topological polar surface area (TPSA) is 50.4 Å². The first-order valence-electron chi connectivity index (χ1n) is 6.71. The first-order valence-corrected chi connectivity index (χ1v) is 7.86. The van der Waals surface area contributed by atoms with Crippen molar-refractivity contribution < 1.29 is 9.53 Å². The Labute approximate surface area is 116 Å². The van der Waals surface area contributed by atoms with Crippen LogP contribution >= 0.6 is 11.8 Å². The normalized spacial score (nSPS) is 11.3. The number of hydrogen-bond acceptors (Lipinski definition) is 4. The van der Waals surface area contributed by atoms with Gasteiger partial charge in [0.2, 0.25) is 0 Å². The van der Waals surface area contributed by atoms with Gasteiger partial charge in [-0.15, -0.1) is 0 Å². The Morgan fingerprint density at radius 1 is 1.17 bits per heavy atom. The van der Waals surface area contributed by atoms with Crippen LogP contribution in [0.15, 0.2) is 0 Å². The van der Waals surface area contributed by atoms with Gasteiger partial charge >= 0.3 is 6.09 Å². The number of alkyl carbamates (subject to hydrolysis) is 1. The van der Waals surface area contributed by atoms with Crippen molar-refractivity contribution in [1.29, 1.82) is 0 Å². The first-order chi connectivity index (χ1) is 8.45. The van der Waals surface area contributed by atoms with Gasteiger partial charge in [-0.1, -0.05) is 6.92 Å². The summed E-state index contributed by atoms with van der Waals surface area (Å²) in [4.78, 5) is 11.3. The molecule has 0 bridgehead atoms. The molecule has 0 aliphatic carbocycles.